The molecule has 1 aromatic carbocycles. The largest absolute Gasteiger partial charge is 0.323 e. The molecular weight excluding hydrogens is 232 g/mol. The van der Waals surface area contributed by atoms with Crippen molar-refractivity contribution in [3.05, 3.63) is 34.9 Å². The van der Waals surface area contributed by atoms with E-state index in [0.29, 0.717) is 6.04 Å². The summed E-state index contributed by atoms with van der Waals surface area (Å²) in [5.74, 6) is 0. The second-order valence-corrected chi connectivity index (χ2v) is 6.95. The Hall–Kier alpha value is -0.860. The minimum absolute atomic E-state index is 0.0784. The Morgan fingerprint density at radius 3 is 2.32 bits per heavy atom. The zero-order valence-corrected chi connectivity index (χ0v) is 13.6. The summed E-state index contributed by atoms with van der Waals surface area (Å²) in [5, 5.41) is 0. The second kappa shape index (κ2) is 6.06. The number of aryl methyl sites for hydroxylation is 2. The third-order valence-electron chi connectivity index (χ3n) is 4.23. The SMILES string of the molecule is Cc1ccc(C)c(C(N)CN(C)C(C)C(C)(C)C)c1. The van der Waals surface area contributed by atoms with Crippen molar-refractivity contribution >= 4 is 0 Å². The van der Waals surface area contributed by atoms with Crippen LogP contribution in [0.25, 0.3) is 0 Å². The van der Waals surface area contributed by atoms with Crippen LogP contribution in [-0.4, -0.2) is 24.5 Å². The van der Waals surface area contributed by atoms with Crippen LogP contribution >= 0.6 is 0 Å². The average Bonchev–Trinajstić information content (AvgIpc) is 2.29. The molecule has 2 N–H and O–H groups in total. The highest BCUT2D eigenvalue weighted by molar-refractivity contribution is 5.33. The van der Waals surface area contributed by atoms with Crippen LogP contribution in [0.3, 0.4) is 0 Å². The molecule has 0 aliphatic heterocycles. The predicted octanol–water partition coefficient (Wildman–Crippen LogP) is 3.67. The van der Waals surface area contributed by atoms with Gasteiger partial charge in [-0.25, -0.2) is 0 Å². The van der Waals surface area contributed by atoms with Gasteiger partial charge in [0.1, 0.15) is 0 Å². The molecule has 0 amide bonds. The van der Waals surface area contributed by atoms with Gasteiger partial charge in [-0.15, -0.1) is 0 Å². The maximum Gasteiger partial charge on any atom is 0.0427 e. The van der Waals surface area contributed by atoms with Crippen molar-refractivity contribution in [3.8, 4) is 0 Å². The molecule has 1 aromatic rings. The first-order valence-corrected chi connectivity index (χ1v) is 7.16. The third-order valence-corrected chi connectivity index (χ3v) is 4.23. The number of rotatable bonds is 4. The lowest BCUT2D eigenvalue weighted by molar-refractivity contribution is 0.134. The quantitative estimate of drug-likeness (QED) is 0.897. The van der Waals surface area contributed by atoms with E-state index in [1.807, 2.05) is 0 Å². The first-order valence-electron chi connectivity index (χ1n) is 7.16. The van der Waals surface area contributed by atoms with Crippen LogP contribution in [0.1, 0.15) is 50.4 Å². The Bertz CT molecular complexity index is 418. The van der Waals surface area contributed by atoms with Crippen LogP contribution in [0.4, 0.5) is 0 Å². The number of hydrogen-bond acceptors (Lipinski definition) is 2. The molecule has 0 bridgehead atoms. The van der Waals surface area contributed by atoms with E-state index in [1.165, 1.54) is 16.7 Å². The first-order chi connectivity index (χ1) is 8.62. The maximum absolute atomic E-state index is 6.41. The molecule has 2 unspecified atom stereocenters. The predicted molar refractivity (Wildman–Crippen MR) is 84.4 cm³/mol. The fraction of sp³-hybridized carbons (Fsp3) is 0.647. The van der Waals surface area contributed by atoms with E-state index < -0.39 is 0 Å². The third kappa shape index (κ3) is 4.32. The van der Waals surface area contributed by atoms with Gasteiger partial charge in [0, 0.05) is 18.6 Å². The van der Waals surface area contributed by atoms with Gasteiger partial charge in [-0.2, -0.15) is 0 Å². The molecule has 2 atom stereocenters. The molecule has 0 aromatic heterocycles. The van der Waals surface area contributed by atoms with Crippen LogP contribution in [0.15, 0.2) is 18.2 Å². The number of benzene rings is 1. The number of nitrogens with zero attached hydrogens (tertiary/aromatic N) is 1. The van der Waals surface area contributed by atoms with Crippen molar-refractivity contribution in [2.45, 2.75) is 53.6 Å². The van der Waals surface area contributed by atoms with E-state index in [0.717, 1.165) is 6.54 Å². The molecule has 0 spiro atoms. The topological polar surface area (TPSA) is 29.3 Å². The molecule has 0 saturated heterocycles. The Labute approximate surface area is 119 Å². The summed E-state index contributed by atoms with van der Waals surface area (Å²) < 4.78 is 0. The number of hydrogen-bond donors (Lipinski definition) is 1. The van der Waals surface area contributed by atoms with Gasteiger partial charge in [-0.05, 0) is 44.4 Å². The van der Waals surface area contributed by atoms with Gasteiger partial charge in [0.25, 0.3) is 0 Å². The van der Waals surface area contributed by atoms with Gasteiger partial charge in [0.15, 0.2) is 0 Å². The van der Waals surface area contributed by atoms with Gasteiger partial charge in [0.2, 0.25) is 0 Å². The van der Waals surface area contributed by atoms with Crippen molar-refractivity contribution in [2.75, 3.05) is 13.6 Å². The summed E-state index contributed by atoms with van der Waals surface area (Å²) in [6.45, 7) is 14.3. The lowest BCUT2D eigenvalue weighted by Crippen LogP contribution is -2.42. The Morgan fingerprint density at radius 1 is 1.21 bits per heavy atom. The standard InChI is InChI=1S/C17H30N2/c1-12-8-9-13(2)15(10-12)16(18)11-19(7)14(3)17(4,5)6/h8-10,14,16H,11,18H2,1-7H3. The molecule has 0 aliphatic carbocycles. The fourth-order valence-electron chi connectivity index (χ4n) is 2.39. The van der Waals surface area contributed by atoms with Crippen molar-refractivity contribution in [3.63, 3.8) is 0 Å². The summed E-state index contributed by atoms with van der Waals surface area (Å²) in [4.78, 5) is 2.37. The summed E-state index contributed by atoms with van der Waals surface area (Å²) in [5.41, 5.74) is 10.5. The molecule has 19 heavy (non-hydrogen) atoms. The Morgan fingerprint density at radius 2 is 1.79 bits per heavy atom. The second-order valence-electron chi connectivity index (χ2n) is 6.95. The average molecular weight is 262 g/mol. The van der Waals surface area contributed by atoms with E-state index in [4.69, 9.17) is 5.73 Å². The summed E-state index contributed by atoms with van der Waals surface area (Å²) >= 11 is 0. The molecule has 0 aliphatic rings. The van der Waals surface area contributed by atoms with Crippen LogP contribution < -0.4 is 5.73 Å². The van der Waals surface area contributed by atoms with Gasteiger partial charge in [-0.3, -0.25) is 0 Å². The zero-order chi connectivity index (χ0) is 14.8. The van der Waals surface area contributed by atoms with Crippen molar-refractivity contribution < 1.29 is 0 Å². The van der Waals surface area contributed by atoms with Crippen LogP contribution in [-0.2, 0) is 0 Å². The smallest absolute Gasteiger partial charge is 0.0427 e. The van der Waals surface area contributed by atoms with Gasteiger partial charge < -0.3 is 10.6 Å². The molecule has 2 nitrogen and oxygen atoms in total. The van der Waals surface area contributed by atoms with Crippen LogP contribution in [0, 0.1) is 19.3 Å². The molecule has 1 rings (SSSR count). The summed E-state index contributed by atoms with van der Waals surface area (Å²) in [6, 6.07) is 7.11. The number of nitrogens with two attached hydrogens (primary N) is 1. The van der Waals surface area contributed by atoms with Crippen molar-refractivity contribution in [2.24, 2.45) is 11.1 Å². The van der Waals surface area contributed by atoms with Crippen LogP contribution in [0.2, 0.25) is 0 Å². The highest BCUT2D eigenvalue weighted by atomic mass is 15.1. The van der Waals surface area contributed by atoms with Crippen molar-refractivity contribution in [1.82, 2.24) is 4.90 Å². The van der Waals surface area contributed by atoms with E-state index in [2.05, 4.69) is 71.7 Å². The molecule has 2 heteroatoms. The molecule has 0 radical (unpaired) electrons. The van der Waals surface area contributed by atoms with E-state index in [-0.39, 0.29) is 11.5 Å². The van der Waals surface area contributed by atoms with Gasteiger partial charge in [-0.1, -0.05) is 44.5 Å². The highest BCUT2D eigenvalue weighted by Gasteiger charge is 2.25. The highest BCUT2D eigenvalue weighted by Crippen LogP contribution is 2.25. The van der Waals surface area contributed by atoms with E-state index in [9.17, 15) is 0 Å². The van der Waals surface area contributed by atoms with E-state index in [1.54, 1.807) is 0 Å². The molecule has 0 saturated carbocycles. The lowest BCUT2D eigenvalue weighted by atomic mass is 9.86. The Kier molecular flexibility index (Phi) is 5.17. The molecule has 0 fully saturated rings. The first kappa shape index (κ1) is 16.2. The summed E-state index contributed by atoms with van der Waals surface area (Å²) in [7, 11) is 2.17. The monoisotopic (exact) mass is 262 g/mol. The zero-order valence-electron chi connectivity index (χ0n) is 13.6. The molecule has 108 valence electrons. The molecule has 0 heterocycles. The normalized spacial score (nSPS) is 15.6. The lowest BCUT2D eigenvalue weighted by Gasteiger charge is -2.36. The van der Waals surface area contributed by atoms with Crippen LogP contribution in [0.5, 0.6) is 0 Å². The summed E-state index contributed by atoms with van der Waals surface area (Å²) in [6.07, 6.45) is 0. The molecular formula is C17H30N2. The Balaban J connectivity index is 2.79. The fourth-order valence-corrected chi connectivity index (χ4v) is 2.39. The maximum atomic E-state index is 6.41. The minimum Gasteiger partial charge on any atom is -0.323 e. The van der Waals surface area contributed by atoms with E-state index >= 15 is 0 Å². The van der Waals surface area contributed by atoms with Crippen molar-refractivity contribution in [1.29, 1.82) is 0 Å². The number of likely N-dealkylation sites (N-methyl/N-ethyl adjacent to an activating group) is 1. The minimum atomic E-state index is 0.0784. The van der Waals surface area contributed by atoms with Gasteiger partial charge >= 0.3 is 0 Å². The van der Waals surface area contributed by atoms with Gasteiger partial charge in [0.05, 0.1) is 0 Å².